The van der Waals surface area contributed by atoms with Crippen molar-refractivity contribution in [1.29, 1.82) is 0 Å². The summed E-state index contributed by atoms with van der Waals surface area (Å²) in [5, 5.41) is 2.89. The zero-order valence-corrected chi connectivity index (χ0v) is 20.4. The molecule has 1 amide bonds. The fraction of sp³-hybridized carbons (Fsp3) is 0.333. The Morgan fingerprint density at radius 3 is 2.46 bits per heavy atom. The Bertz CT molecular complexity index is 1280. The fourth-order valence-electron chi connectivity index (χ4n) is 4.76. The van der Waals surface area contributed by atoms with Crippen LogP contribution in [0, 0.1) is 0 Å². The lowest BCUT2D eigenvalue weighted by Crippen LogP contribution is -2.20. The number of hydrogen-bond acceptors (Lipinski definition) is 4. The molecule has 0 atom stereocenters. The van der Waals surface area contributed by atoms with Gasteiger partial charge in [0, 0.05) is 11.3 Å². The molecule has 0 unspecified atom stereocenters. The van der Waals surface area contributed by atoms with Crippen LogP contribution in [-0.2, 0) is 4.79 Å². The average molecular weight is 469 g/mol. The zero-order valence-electron chi connectivity index (χ0n) is 20.4. The molecule has 5 nitrogen and oxygen atoms in total. The molecule has 4 aromatic rings. The fourth-order valence-corrected chi connectivity index (χ4v) is 4.76. The second-order valence-corrected chi connectivity index (χ2v) is 9.72. The normalized spacial score (nSPS) is 14.4. The highest BCUT2D eigenvalue weighted by molar-refractivity contribution is 5.94. The first-order valence-corrected chi connectivity index (χ1v) is 12.6. The standard InChI is InChI=1S/C30H32N2O3/c1-20(2)21-8-10-24(11-9-21)30-32-27-18-25(14-17-28(27)35-30)31-29(33)19-34-26-15-12-23(13-16-26)22-6-4-3-5-7-22/h8-18,20,22H,3-7,19H2,1-2H3,(H,31,33). The summed E-state index contributed by atoms with van der Waals surface area (Å²) in [4.78, 5) is 17.1. The number of carbonyl (C=O) groups excluding carboxylic acids is 1. The molecule has 5 heteroatoms. The van der Waals surface area contributed by atoms with Gasteiger partial charge in [-0.05, 0) is 78.3 Å². The van der Waals surface area contributed by atoms with Gasteiger partial charge in [-0.15, -0.1) is 0 Å². The quantitative estimate of drug-likeness (QED) is 0.302. The van der Waals surface area contributed by atoms with E-state index in [1.54, 1.807) is 0 Å². The van der Waals surface area contributed by atoms with E-state index in [0.29, 0.717) is 40.3 Å². The van der Waals surface area contributed by atoms with Crippen molar-refractivity contribution in [3.05, 3.63) is 77.9 Å². The molecule has 5 rings (SSSR count). The van der Waals surface area contributed by atoms with Gasteiger partial charge in [0.05, 0.1) is 0 Å². The van der Waals surface area contributed by atoms with E-state index in [1.807, 2.05) is 42.5 Å². The van der Waals surface area contributed by atoms with E-state index in [2.05, 4.69) is 48.4 Å². The van der Waals surface area contributed by atoms with Crippen molar-refractivity contribution in [3.63, 3.8) is 0 Å². The number of nitrogens with one attached hydrogen (secondary N) is 1. The Morgan fingerprint density at radius 1 is 1.00 bits per heavy atom. The van der Waals surface area contributed by atoms with Gasteiger partial charge in [-0.1, -0.05) is 57.4 Å². The summed E-state index contributed by atoms with van der Waals surface area (Å²) in [7, 11) is 0. The van der Waals surface area contributed by atoms with Crippen molar-refractivity contribution in [3.8, 4) is 17.2 Å². The van der Waals surface area contributed by atoms with E-state index >= 15 is 0 Å². The number of nitrogens with zero attached hydrogens (tertiary/aromatic N) is 1. The summed E-state index contributed by atoms with van der Waals surface area (Å²) in [5.74, 6) is 2.20. The lowest BCUT2D eigenvalue weighted by molar-refractivity contribution is -0.118. The molecule has 1 heterocycles. The van der Waals surface area contributed by atoms with E-state index in [1.165, 1.54) is 43.2 Å². The molecule has 1 aliphatic carbocycles. The van der Waals surface area contributed by atoms with Crippen LogP contribution in [-0.4, -0.2) is 17.5 Å². The Balaban J connectivity index is 1.18. The zero-order chi connectivity index (χ0) is 24.2. The third kappa shape index (κ3) is 5.56. The molecule has 1 aliphatic rings. The second-order valence-electron chi connectivity index (χ2n) is 9.72. The van der Waals surface area contributed by atoms with Gasteiger partial charge >= 0.3 is 0 Å². The van der Waals surface area contributed by atoms with Crippen LogP contribution in [0.25, 0.3) is 22.6 Å². The Hall–Kier alpha value is -3.60. The van der Waals surface area contributed by atoms with E-state index in [-0.39, 0.29) is 12.5 Å². The number of ether oxygens (including phenoxy) is 1. The summed E-state index contributed by atoms with van der Waals surface area (Å²) in [6, 6.07) is 21.9. The summed E-state index contributed by atoms with van der Waals surface area (Å²) in [6.45, 7) is 4.29. The molecule has 0 aliphatic heterocycles. The van der Waals surface area contributed by atoms with Crippen LogP contribution < -0.4 is 10.1 Å². The Kier molecular flexibility index (Phi) is 6.84. The van der Waals surface area contributed by atoms with Crippen molar-refractivity contribution < 1.29 is 13.9 Å². The van der Waals surface area contributed by atoms with Gasteiger partial charge < -0.3 is 14.5 Å². The summed E-state index contributed by atoms with van der Waals surface area (Å²) < 4.78 is 11.6. The first-order valence-electron chi connectivity index (χ1n) is 12.6. The van der Waals surface area contributed by atoms with Gasteiger partial charge in [0.1, 0.15) is 11.3 Å². The van der Waals surface area contributed by atoms with E-state index < -0.39 is 0 Å². The molecule has 0 radical (unpaired) electrons. The predicted octanol–water partition coefficient (Wildman–Crippen LogP) is 7.68. The minimum Gasteiger partial charge on any atom is -0.484 e. The number of oxazole rings is 1. The monoisotopic (exact) mass is 468 g/mol. The molecule has 1 N–H and O–H groups in total. The minimum absolute atomic E-state index is 0.0485. The highest BCUT2D eigenvalue weighted by Crippen LogP contribution is 2.33. The van der Waals surface area contributed by atoms with Crippen molar-refractivity contribution >= 4 is 22.7 Å². The number of rotatable bonds is 7. The van der Waals surface area contributed by atoms with Crippen molar-refractivity contribution in [1.82, 2.24) is 4.98 Å². The van der Waals surface area contributed by atoms with Crippen LogP contribution in [0.5, 0.6) is 5.75 Å². The summed E-state index contributed by atoms with van der Waals surface area (Å²) in [6.07, 6.45) is 6.52. The maximum Gasteiger partial charge on any atom is 0.262 e. The second kappa shape index (κ2) is 10.3. The third-order valence-electron chi connectivity index (χ3n) is 6.82. The average Bonchev–Trinajstić information content (AvgIpc) is 3.32. The van der Waals surface area contributed by atoms with Gasteiger partial charge in [-0.2, -0.15) is 0 Å². The molecular formula is C30H32N2O3. The van der Waals surface area contributed by atoms with Gasteiger partial charge in [0.2, 0.25) is 5.89 Å². The Labute approximate surface area is 206 Å². The SMILES string of the molecule is CC(C)c1ccc(-c2nc3cc(NC(=O)COc4ccc(C5CCCCC5)cc4)ccc3o2)cc1. The number of fused-ring (bicyclic) bond motifs is 1. The molecule has 180 valence electrons. The van der Waals surface area contributed by atoms with Crippen molar-refractivity contribution in [2.45, 2.75) is 57.8 Å². The number of hydrogen-bond donors (Lipinski definition) is 1. The molecular weight excluding hydrogens is 436 g/mol. The largest absolute Gasteiger partial charge is 0.484 e. The predicted molar refractivity (Wildman–Crippen MR) is 140 cm³/mol. The number of benzene rings is 3. The number of carbonyl (C=O) groups is 1. The van der Waals surface area contributed by atoms with Crippen LogP contribution in [0.1, 0.15) is 68.9 Å². The molecule has 0 spiro atoms. The van der Waals surface area contributed by atoms with E-state index in [0.717, 1.165) is 5.56 Å². The van der Waals surface area contributed by atoms with Crippen LogP contribution in [0.3, 0.4) is 0 Å². The first-order chi connectivity index (χ1) is 17.0. The van der Waals surface area contributed by atoms with Crippen LogP contribution >= 0.6 is 0 Å². The molecule has 1 fully saturated rings. The molecule has 1 aromatic heterocycles. The van der Waals surface area contributed by atoms with E-state index in [9.17, 15) is 4.79 Å². The van der Waals surface area contributed by atoms with Gasteiger partial charge in [-0.25, -0.2) is 4.98 Å². The molecule has 35 heavy (non-hydrogen) atoms. The van der Waals surface area contributed by atoms with Gasteiger partial charge in [-0.3, -0.25) is 4.79 Å². The number of aromatic nitrogens is 1. The molecule has 1 saturated carbocycles. The topological polar surface area (TPSA) is 64.4 Å². The maximum absolute atomic E-state index is 12.5. The highest BCUT2D eigenvalue weighted by atomic mass is 16.5. The third-order valence-corrected chi connectivity index (χ3v) is 6.82. The lowest BCUT2D eigenvalue weighted by Gasteiger charge is -2.22. The minimum atomic E-state index is -0.214. The van der Waals surface area contributed by atoms with Crippen LogP contribution in [0.2, 0.25) is 0 Å². The molecule has 0 bridgehead atoms. The number of amides is 1. The summed E-state index contributed by atoms with van der Waals surface area (Å²) in [5.41, 5.74) is 5.62. The van der Waals surface area contributed by atoms with Crippen molar-refractivity contribution in [2.75, 3.05) is 11.9 Å². The summed E-state index contributed by atoms with van der Waals surface area (Å²) >= 11 is 0. The lowest BCUT2D eigenvalue weighted by atomic mass is 9.84. The smallest absolute Gasteiger partial charge is 0.262 e. The van der Waals surface area contributed by atoms with Gasteiger partial charge in [0.25, 0.3) is 5.91 Å². The first kappa shape index (κ1) is 23.2. The molecule has 3 aromatic carbocycles. The number of anilines is 1. The van der Waals surface area contributed by atoms with Gasteiger partial charge in [0.15, 0.2) is 12.2 Å². The Morgan fingerprint density at radius 2 is 1.74 bits per heavy atom. The van der Waals surface area contributed by atoms with Crippen LogP contribution in [0.4, 0.5) is 5.69 Å². The van der Waals surface area contributed by atoms with Crippen molar-refractivity contribution in [2.24, 2.45) is 0 Å². The van der Waals surface area contributed by atoms with Crippen LogP contribution in [0.15, 0.2) is 71.1 Å². The maximum atomic E-state index is 12.5. The van der Waals surface area contributed by atoms with E-state index in [4.69, 9.17) is 9.15 Å². The highest BCUT2D eigenvalue weighted by Gasteiger charge is 2.15. The molecule has 0 saturated heterocycles.